The average Bonchev–Trinajstić information content (AvgIpc) is 3.60. The van der Waals surface area contributed by atoms with E-state index in [1.54, 1.807) is 0 Å². The molecule has 0 fully saturated rings. The highest BCUT2D eigenvalue weighted by molar-refractivity contribution is 8.00. The summed E-state index contributed by atoms with van der Waals surface area (Å²) in [7, 11) is 0. The normalized spacial score (nSPS) is 17.1. The van der Waals surface area contributed by atoms with Crippen LogP contribution in [-0.2, 0) is 0 Å². The largest absolute Gasteiger partial charge is 0.371 e. The second kappa shape index (κ2) is 11.9. The van der Waals surface area contributed by atoms with E-state index in [1.807, 2.05) is 17.8 Å². The smallest absolute Gasteiger partial charge is 0.160 e. The van der Waals surface area contributed by atoms with Gasteiger partial charge in [-0.2, -0.15) is 0 Å². The number of hydrogen-bond acceptors (Lipinski definition) is 4. The summed E-state index contributed by atoms with van der Waals surface area (Å²) in [6, 6.07) is 47.4. The highest BCUT2D eigenvalue weighted by Gasteiger charge is 2.30. The molecule has 0 bridgehead atoms. The summed E-state index contributed by atoms with van der Waals surface area (Å²) >= 11 is 1.98. The van der Waals surface area contributed by atoms with Crippen LogP contribution < -0.4 is 5.32 Å². The Hall–Kier alpha value is -5.19. The number of aromatic nitrogens is 2. The molecule has 0 amide bonds. The number of allylic oxidation sites excluding steroid dienone is 1. The van der Waals surface area contributed by atoms with Crippen LogP contribution in [0.15, 0.2) is 151 Å². The van der Waals surface area contributed by atoms with Gasteiger partial charge in [0, 0.05) is 32.9 Å². The summed E-state index contributed by atoms with van der Waals surface area (Å²) in [6.45, 7) is 0. The number of hydrogen-bond donors (Lipinski definition) is 1. The van der Waals surface area contributed by atoms with Crippen molar-refractivity contribution in [1.29, 1.82) is 0 Å². The molecule has 47 heavy (non-hydrogen) atoms. The maximum Gasteiger partial charge on any atom is 0.160 e. The number of benzene rings is 6. The van der Waals surface area contributed by atoms with Crippen LogP contribution in [-0.4, -0.2) is 15.3 Å². The molecule has 1 aliphatic heterocycles. The van der Waals surface area contributed by atoms with Crippen molar-refractivity contribution < 1.29 is 0 Å². The molecule has 226 valence electrons. The Labute approximate surface area is 279 Å². The Bertz CT molecular complexity index is 2300. The van der Waals surface area contributed by atoms with E-state index in [1.165, 1.54) is 57.0 Å². The number of nitrogens with zero attached hydrogens (tertiary/aromatic N) is 2. The Balaban J connectivity index is 1.18. The van der Waals surface area contributed by atoms with Crippen molar-refractivity contribution in [2.24, 2.45) is 5.92 Å². The Morgan fingerprint density at radius 1 is 0.617 bits per heavy atom. The Morgan fingerprint density at radius 3 is 2.15 bits per heavy atom. The first kappa shape index (κ1) is 28.1. The Morgan fingerprint density at radius 2 is 1.34 bits per heavy atom. The van der Waals surface area contributed by atoms with E-state index in [2.05, 4.69) is 145 Å². The van der Waals surface area contributed by atoms with Crippen molar-refractivity contribution >= 4 is 39.0 Å². The maximum atomic E-state index is 5.24. The van der Waals surface area contributed by atoms with Crippen molar-refractivity contribution in [3.8, 4) is 45.0 Å². The number of anilines is 1. The molecule has 2 heterocycles. The third-order valence-corrected chi connectivity index (χ3v) is 10.8. The summed E-state index contributed by atoms with van der Waals surface area (Å²) in [5.41, 5.74) is 8.59. The van der Waals surface area contributed by atoms with Gasteiger partial charge in [-0.25, -0.2) is 9.97 Å². The van der Waals surface area contributed by atoms with E-state index in [0.29, 0.717) is 11.3 Å². The zero-order valence-corrected chi connectivity index (χ0v) is 26.8. The molecule has 0 spiro atoms. The van der Waals surface area contributed by atoms with Gasteiger partial charge in [0.25, 0.3) is 0 Å². The zero-order valence-electron chi connectivity index (χ0n) is 25.9. The SMILES string of the molecule is C1=CC(C2Nc3c(ccc4ccc5cc(-c6nc(-c7ccccc7)cc(-c7ccccc7-c7ccccc7)n6)ccc5c34)S2)CCC1. The summed E-state index contributed by atoms with van der Waals surface area (Å²) in [4.78, 5) is 11.7. The van der Waals surface area contributed by atoms with Crippen LogP contribution in [0.5, 0.6) is 0 Å². The molecule has 2 atom stereocenters. The number of rotatable bonds is 5. The Kier molecular flexibility index (Phi) is 7.09. The van der Waals surface area contributed by atoms with E-state index in [9.17, 15) is 0 Å². The first-order valence-corrected chi connectivity index (χ1v) is 17.4. The highest BCUT2D eigenvalue weighted by Crippen LogP contribution is 2.48. The van der Waals surface area contributed by atoms with Crippen LogP contribution in [0, 0.1) is 5.92 Å². The molecular weight excluding hydrogens is 591 g/mol. The van der Waals surface area contributed by atoms with Gasteiger partial charge in [0.05, 0.1) is 22.4 Å². The molecule has 0 radical (unpaired) electrons. The summed E-state index contributed by atoms with van der Waals surface area (Å²) < 4.78 is 0. The molecule has 9 rings (SSSR count). The van der Waals surface area contributed by atoms with Gasteiger partial charge < -0.3 is 5.32 Å². The highest BCUT2D eigenvalue weighted by atomic mass is 32.2. The van der Waals surface area contributed by atoms with Gasteiger partial charge in [0.1, 0.15) is 0 Å². The van der Waals surface area contributed by atoms with Crippen LogP contribution >= 0.6 is 11.8 Å². The van der Waals surface area contributed by atoms with Crippen molar-refractivity contribution in [3.05, 3.63) is 146 Å². The molecule has 1 aromatic heterocycles. The monoisotopic (exact) mass is 623 g/mol. The molecule has 6 aromatic carbocycles. The third kappa shape index (κ3) is 5.19. The second-order valence-electron chi connectivity index (χ2n) is 12.5. The van der Waals surface area contributed by atoms with Crippen molar-refractivity contribution in [2.45, 2.75) is 29.5 Å². The van der Waals surface area contributed by atoms with E-state index < -0.39 is 0 Å². The first-order chi connectivity index (χ1) is 23.3. The molecule has 2 aliphatic rings. The van der Waals surface area contributed by atoms with Crippen LogP contribution in [0.2, 0.25) is 0 Å². The lowest BCUT2D eigenvalue weighted by molar-refractivity contribution is 0.545. The van der Waals surface area contributed by atoms with Gasteiger partial charge in [-0.15, -0.1) is 0 Å². The minimum Gasteiger partial charge on any atom is -0.371 e. The van der Waals surface area contributed by atoms with E-state index in [4.69, 9.17) is 9.97 Å². The van der Waals surface area contributed by atoms with Gasteiger partial charge in [-0.05, 0) is 64.7 Å². The molecule has 1 N–H and O–H groups in total. The van der Waals surface area contributed by atoms with Gasteiger partial charge >= 0.3 is 0 Å². The van der Waals surface area contributed by atoms with Gasteiger partial charge in [0.2, 0.25) is 0 Å². The number of nitrogens with one attached hydrogen (secondary N) is 1. The van der Waals surface area contributed by atoms with Gasteiger partial charge in [-0.1, -0.05) is 139 Å². The van der Waals surface area contributed by atoms with Crippen LogP contribution in [0.3, 0.4) is 0 Å². The molecule has 4 heteroatoms. The predicted molar refractivity (Wildman–Crippen MR) is 199 cm³/mol. The van der Waals surface area contributed by atoms with Crippen LogP contribution in [0.4, 0.5) is 5.69 Å². The van der Waals surface area contributed by atoms with Crippen LogP contribution in [0.1, 0.15) is 19.3 Å². The van der Waals surface area contributed by atoms with E-state index in [0.717, 1.165) is 39.5 Å². The second-order valence-corrected chi connectivity index (χ2v) is 13.7. The molecular formula is C43H33N3S. The van der Waals surface area contributed by atoms with Gasteiger partial charge in [-0.3, -0.25) is 0 Å². The van der Waals surface area contributed by atoms with Crippen LogP contribution in [0.25, 0.3) is 66.6 Å². The minimum atomic E-state index is 0.382. The van der Waals surface area contributed by atoms with Gasteiger partial charge in [0.15, 0.2) is 5.82 Å². The number of fused-ring (bicyclic) bond motifs is 5. The zero-order chi connectivity index (χ0) is 31.2. The topological polar surface area (TPSA) is 37.8 Å². The lowest BCUT2D eigenvalue weighted by atomic mass is 9.95. The molecule has 0 saturated heterocycles. The molecule has 7 aromatic rings. The fourth-order valence-corrected chi connectivity index (χ4v) is 8.44. The van der Waals surface area contributed by atoms with Crippen molar-refractivity contribution in [3.63, 3.8) is 0 Å². The first-order valence-electron chi connectivity index (χ1n) is 16.5. The summed E-state index contributed by atoms with van der Waals surface area (Å²) in [5.74, 6) is 1.29. The standard InChI is InChI=1S/C43H33N3S/c1-4-12-28(13-5-1)34-18-10-11-19-36(34)38-27-37(29-14-6-2-7-15-29)44-42(45-38)33-22-24-35-32(26-33)21-20-30-23-25-39-41(40(30)35)46-43(47-39)31-16-8-3-9-17-31/h1-2,4-8,10-16,18-27,31,43,46H,3,9,17H2. The van der Waals surface area contributed by atoms with Crippen molar-refractivity contribution in [1.82, 2.24) is 9.97 Å². The average molecular weight is 624 g/mol. The lowest BCUT2D eigenvalue weighted by Crippen LogP contribution is -2.22. The third-order valence-electron chi connectivity index (χ3n) is 9.53. The maximum absolute atomic E-state index is 5.24. The molecule has 0 saturated carbocycles. The fraction of sp³-hybridized carbons (Fsp3) is 0.116. The molecule has 1 aliphatic carbocycles. The molecule has 3 nitrogen and oxygen atoms in total. The number of thioether (sulfide) groups is 1. The quantitative estimate of drug-likeness (QED) is 0.153. The molecule has 2 unspecified atom stereocenters. The lowest BCUT2D eigenvalue weighted by Gasteiger charge is -2.23. The summed E-state index contributed by atoms with van der Waals surface area (Å²) in [5, 5.41) is 9.34. The van der Waals surface area contributed by atoms with E-state index >= 15 is 0 Å². The van der Waals surface area contributed by atoms with E-state index in [-0.39, 0.29) is 0 Å². The fourth-order valence-electron chi connectivity index (χ4n) is 7.16. The van der Waals surface area contributed by atoms with Crippen molar-refractivity contribution in [2.75, 3.05) is 5.32 Å². The summed E-state index contributed by atoms with van der Waals surface area (Å²) in [6.07, 6.45) is 8.50. The minimum absolute atomic E-state index is 0.382. The predicted octanol–water partition coefficient (Wildman–Crippen LogP) is 11.7.